The van der Waals surface area contributed by atoms with Gasteiger partial charge in [-0.1, -0.05) is 36.4 Å². The molecule has 0 aliphatic carbocycles. The molecule has 1 saturated heterocycles. The van der Waals surface area contributed by atoms with Crippen LogP contribution in [-0.4, -0.2) is 56.7 Å². The van der Waals surface area contributed by atoms with Crippen molar-refractivity contribution >= 4 is 28.3 Å². The fourth-order valence-corrected chi connectivity index (χ4v) is 4.98. The van der Waals surface area contributed by atoms with Crippen LogP contribution in [0.4, 0.5) is 0 Å². The van der Waals surface area contributed by atoms with E-state index in [1.807, 2.05) is 46.0 Å². The topological polar surface area (TPSA) is 54.3 Å². The molecular weight excluding hydrogens is 418 g/mol. The Kier molecular flexibility index (Phi) is 5.76. The van der Waals surface area contributed by atoms with E-state index in [-0.39, 0.29) is 11.9 Å². The summed E-state index contributed by atoms with van der Waals surface area (Å²) in [5.41, 5.74) is 3.26. The SMILES string of the molecule is CC(C)n1ncc2c(C(=O)N3CCN(Cc4cccs4)CC3)cc(-c3ccccc3)nc21. The summed E-state index contributed by atoms with van der Waals surface area (Å²) in [4.78, 5) is 24.3. The highest BCUT2D eigenvalue weighted by molar-refractivity contribution is 7.09. The molecule has 0 bridgehead atoms. The van der Waals surface area contributed by atoms with Crippen molar-refractivity contribution in [2.24, 2.45) is 0 Å². The number of carbonyl (C=O) groups excluding carboxylic acids is 1. The number of carbonyl (C=O) groups is 1. The molecule has 7 heteroatoms. The van der Waals surface area contributed by atoms with E-state index >= 15 is 0 Å². The quantitative estimate of drug-likeness (QED) is 0.447. The van der Waals surface area contributed by atoms with E-state index in [4.69, 9.17) is 4.98 Å². The molecule has 3 aromatic heterocycles. The molecule has 0 unspecified atom stereocenters. The first-order valence-corrected chi connectivity index (χ1v) is 12.0. The van der Waals surface area contributed by atoms with Crippen LogP contribution in [0.5, 0.6) is 0 Å². The number of rotatable bonds is 5. The first kappa shape index (κ1) is 20.8. The molecule has 1 fully saturated rings. The zero-order valence-electron chi connectivity index (χ0n) is 18.4. The van der Waals surface area contributed by atoms with Crippen molar-refractivity contribution in [3.8, 4) is 11.3 Å². The van der Waals surface area contributed by atoms with Crippen LogP contribution in [0.1, 0.15) is 35.1 Å². The lowest BCUT2D eigenvalue weighted by atomic mass is 10.1. The molecule has 1 aliphatic rings. The first-order chi connectivity index (χ1) is 15.6. The summed E-state index contributed by atoms with van der Waals surface area (Å²) in [6.07, 6.45) is 1.79. The lowest BCUT2D eigenvalue weighted by molar-refractivity contribution is 0.0631. The fraction of sp³-hybridized carbons (Fsp3) is 0.320. The van der Waals surface area contributed by atoms with Crippen molar-refractivity contribution in [1.29, 1.82) is 0 Å². The Morgan fingerprint density at radius 2 is 1.84 bits per heavy atom. The Hall–Kier alpha value is -3.03. The highest BCUT2D eigenvalue weighted by Crippen LogP contribution is 2.27. The predicted octanol–water partition coefficient (Wildman–Crippen LogP) is 4.70. The molecular formula is C25H27N5OS. The predicted molar refractivity (Wildman–Crippen MR) is 129 cm³/mol. The summed E-state index contributed by atoms with van der Waals surface area (Å²) in [5, 5.41) is 7.49. The first-order valence-electron chi connectivity index (χ1n) is 11.1. The molecule has 32 heavy (non-hydrogen) atoms. The van der Waals surface area contributed by atoms with Crippen LogP contribution in [0.3, 0.4) is 0 Å². The Balaban J connectivity index is 1.44. The van der Waals surface area contributed by atoms with Gasteiger partial charge in [-0.05, 0) is 31.4 Å². The van der Waals surface area contributed by atoms with E-state index in [9.17, 15) is 4.79 Å². The van der Waals surface area contributed by atoms with Gasteiger partial charge in [0.25, 0.3) is 5.91 Å². The Morgan fingerprint density at radius 1 is 1.06 bits per heavy atom. The minimum absolute atomic E-state index is 0.0636. The number of pyridine rings is 1. The van der Waals surface area contributed by atoms with Gasteiger partial charge < -0.3 is 4.90 Å². The second kappa shape index (κ2) is 8.84. The van der Waals surface area contributed by atoms with Gasteiger partial charge in [0.05, 0.1) is 22.8 Å². The maximum absolute atomic E-state index is 13.6. The van der Waals surface area contributed by atoms with Crippen molar-refractivity contribution < 1.29 is 4.79 Å². The zero-order chi connectivity index (χ0) is 22.1. The third kappa shape index (κ3) is 4.06. The number of thiophene rings is 1. The maximum atomic E-state index is 13.6. The molecule has 1 aliphatic heterocycles. The average molecular weight is 446 g/mol. The Bertz CT molecular complexity index is 1210. The normalized spacial score (nSPS) is 15.0. The van der Waals surface area contributed by atoms with E-state index in [2.05, 4.69) is 41.4 Å². The minimum Gasteiger partial charge on any atom is -0.336 e. The third-order valence-electron chi connectivity index (χ3n) is 5.97. The van der Waals surface area contributed by atoms with E-state index in [0.717, 1.165) is 55.0 Å². The second-order valence-electron chi connectivity index (χ2n) is 8.49. The van der Waals surface area contributed by atoms with Gasteiger partial charge in [-0.3, -0.25) is 9.69 Å². The number of hydrogen-bond donors (Lipinski definition) is 0. The van der Waals surface area contributed by atoms with E-state index < -0.39 is 0 Å². The van der Waals surface area contributed by atoms with Gasteiger partial charge in [-0.2, -0.15) is 5.10 Å². The number of hydrogen-bond acceptors (Lipinski definition) is 5. The van der Waals surface area contributed by atoms with Crippen molar-refractivity contribution in [2.45, 2.75) is 26.4 Å². The van der Waals surface area contributed by atoms with Crippen molar-refractivity contribution in [3.05, 3.63) is 70.5 Å². The molecule has 6 nitrogen and oxygen atoms in total. The van der Waals surface area contributed by atoms with Crippen LogP contribution in [0.15, 0.2) is 60.1 Å². The highest BCUT2D eigenvalue weighted by atomic mass is 32.1. The van der Waals surface area contributed by atoms with Crippen molar-refractivity contribution in [3.63, 3.8) is 0 Å². The maximum Gasteiger partial charge on any atom is 0.254 e. The van der Waals surface area contributed by atoms with E-state index in [0.29, 0.717) is 5.56 Å². The summed E-state index contributed by atoms with van der Waals surface area (Å²) in [6, 6.07) is 16.4. The molecule has 0 saturated carbocycles. The number of benzene rings is 1. The number of aromatic nitrogens is 3. The second-order valence-corrected chi connectivity index (χ2v) is 9.52. The van der Waals surface area contributed by atoms with Crippen molar-refractivity contribution in [2.75, 3.05) is 26.2 Å². The van der Waals surface area contributed by atoms with Gasteiger partial charge in [0, 0.05) is 49.2 Å². The molecule has 5 rings (SSSR count). The van der Waals surface area contributed by atoms with E-state index in [1.54, 1.807) is 17.5 Å². The summed E-state index contributed by atoms with van der Waals surface area (Å²) >= 11 is 1.79. The number of nitrogens with zero attached hydrogens (tertiary/aromatic N) is 5. The van der Waals surface area contributed by atoms with Crippen molar-refractivity contribution in [1.82, 2.24) is 24.6 Å². The number of piperazine rings is 1. The molecule has 1 amide bonds. The molecule has 0 atom stereocenters. The average Bonchev–Trinajstić information content (AvgIpc) is 3.49. The van der Waals surface area contributed by atoms with E-state index in [1.165, 1.54) is 4.88 Å². The standard InChI is InChI=1S/C25H27N5OS/c1-18(2)30-24-22(16-26-30)21(15-23(27-24)19-7-4-3-5-8-19)25(31)29-12-10-28(11-13-29)17-20-9-6-14-32-20/h3-9,14-16,18H,10-13,17H2,1-2H3. The smallest absolute Gasteiger partial charge is 0.254 e. The highest BCUT2D eigenvalue weighted by Gasteiger charge is 2.26. The lowest BCUT2D eigenvalue weighted by Crippen LogP contribution is -2.48. The number of fused-ring (bicyclic) bond motifs is 1. The van der Waals surface area contributed by atoms with Crippen LogP contribution in [-0.2, 0) is 6.54 Å². The summed E-state index contributed by atoms with van der Waals surface area (Å²) in [6.45, 7) is 8.34. The molecule has 4 aromatic rings. The minimum atomic E-state index is 0.0636. The molecule has 0 spiro atoms. The summed E-state index contributed by atoms with van der Waals surface area (Å²) in [7, 11) is 0. The number of amides is 1. The molecule has 0 radical (unpaired) electrons. The molecule has 1 aromatic carbocycles. The Morgan fingerprint density at radius 3 is 2.53 bits per heavy atom. The molecule has 4 heterocycles. The van der Waals surface area contributed by atoms with Crippen LogP contribution in [0, 0.1) is 0 Å². The molecule has 164 valence electrons. The van der Waals surface area contributed by atoms with Gasteiger partial charge >= 0.3 is 0 Å². The Labute approximate surface area is 192 Å². The van der Waals surface area contributed by atoms with Crippen LogP contribution in [0.25, 0.3) is 22.3 Å². The van der Waals surface area contributed by atoms with Crippen LogP contribution < -0.4 is 0 Å². The molecule has 0 N–H and O–H groups in total. The third-order valence-corrected chi connectivity index (χ3v) is 6.84. The monoisotopic (exact) mass is 445 g/mol. The lowest BCUT2D eigenvalue weighted by Gasteiger charge is -2.34. The fourth-order valence-electron chi connectivity index (χ4n) is 4.23. The van der Waals surface area contributed by atoms with Gasteiger partial charge in [0.1, 0.15) is 0 Å². The van der Waals surface area contributed by atoms with Gasteiger partial charge in [0.2, 0.25) is 0 Å². The van der Waals surface area contributed by atoms with Gasteiger partial charge in [-0.15, -0.1) is 11.3 Å². The van der Waals surface area contributed by atoms with Gasteiger partial charge in [-0.25, -0.2) is 9.67 Å². The van der Waals surface area contributed by atoms with Gasteiger partial charge in [0.15, 0.2) is 5.65 Å². The summed E-state index contributed by atoms with van der Waals surface area (Å²) < 4.78 is 1.90. The largest absolute Gasteiger partial charge is 0.336 e. The zero-order valence-corrected chi connectivity index (χ0v) is 19.3. The van der Waals surface area contributed by atoms with Crippen LogP contribution >= 0.6 is 11.3 Å². The van der Waals surface area contributed by atoms with Crippen LogP contribution in [0.2, 0.25) is 0 Å². The summed E-state index contributed by atoms with van der Waals surface area (Å²) in [5.74, 6) is 0.0636.